The van der Waals surface area contributed by atoms with Crippen LogP contribution in [0.3, 0.4) is 0 Å². The maximum Gasteiger partial charge on any atom is 0.251 e. The highest BCUT2D eigenvalue weighted by molar-refractivity contribution is 9.10. The summed E-state index contributed by atoms with van der Waals surface area (Å²) in [6.07, 6.45) is -1.28. The predicted octanol–water partition coefficient (Wildman–Crippen LogP) is 6.18. The Balaban J connectivity index is 1.69. The Morgan fingerprint density at radius 3 is 2.06 bits per heavy atom. The van der Waals surface area contributed by atoms with Gasteiger partial charge in [-0.15, -0.1) is 0 Å². The van der Waals surface area contributed by atoms with E-state index in [-0.39, 0.29) is 0 Å². The van der Waals surface area contributed by atoms with Crippen molar-refractivity contribution in [3.8, 4) is 0 Å². The molecule has 4 aromatic carbocycles. The van der Waals surface area contributed by atoms with Crippen molar-refractivity contribution in [2.45, 2.75) is 32.2 Å². The first-order chi connectivity index (χ1) is 17.0. The summed E-state index contributed by atoms with van der Waals surface area (Å²) in [7, 11) is 0. The lowest BCUT2D eigenvalue weighted by Crippen LogP contribution is -2.45. The second kappa shape index (κ2) is 11.8. The molecular weight excluding hydrogens is 500 g/mol. The van der Waals surface area contributed by atoms with Crippen molar-refractivity contribution in [3.05, 3.63) is 136 Å². The zero-order valence-electron chi connectivity index (χ0n) is 19.6. The van der Waals surface area contributed by atoms with Crippen LogP contribution in [0, 0.1) is 6.92 Å². The van der Waals surface area contributed by atoms with Crippen molar-refractivity contribution < 1.29 is 9.90 Å². The van der Waals surface area contributed by atoms with Gasteiger partial charge in [0.15, 0.2) is 6.10 Å². The number of aryl methyl sites for hydroxylation is 1. The monoisotopic (exact) mass is 528 g/mol. The second-order valence-corrected chi connectivity index (χ2v) is 9.51. The first-order valence-electron chi connectivity index (χ1n) is 11.6. The summed E-state index contributed by atoms with van der Waals surface area (Å²) in [5.74, 6) is -0.409. The number of hydrogen-bond acceptors (Lipinski definition) is 3. The minimum absolute atomic E-state index is 0.356. The molecule has 1 amide bonds. The SMILES string of the molecule is Cc1ccc(CN(c2ccc(Br)cc2)[C@@H](c2ccccc2)[C@H](O)C(=O)NCc2ccccc2)cc1. The number of nitrogens with zero attached hydrogens (tertiary/aromatic N) is 1. The average molecular weight is 529 g/mol. The smallest absolute Gasteiger partial charge is 0.251 e. The van der Waals surface area contributed by atoms with Crippen LogP contribution < -0.4 is 10.2 Å². The average Bonchev–Trinajstić information content (AvgIpc) is 2.89. The molecule has 0 fully saturated rings. The Morgan fingerprint density at radius 1 is 0.829 bits per heavy atom. The van der Waals surface area contributed by atoms with Gasteiger partial charge in [0.25, 0.3) is 5.91 Å². The number of aliphatic hydroxyl groups excluding tert-OH is 1. The molecule has 0 aliphatic rings. The zero-order valence-corrected chi connectivity index (χ0v) is 21.2. The summed E-state index contributed by atoms with van der Waals surface area (Å²) in [5.41, 5.74) is 5.04. The molecular formula is C30H29BrN2O2. The van der Waals surface area contributed by atoms with Crippen LogP contribution in [-0.4, -0.2) is 17.1 Å². The molecule has 0 aromatic heterocycles. The number of carbonyl (C=O) groups is 1. The number of nitrogens with one attached hydrogen (secondary N) is 1. The number of amides is 1. The van der Waals surface area contributed by atoms with Gasteiger partial charge in [0.1, 0.15) is 0 Å². The molecule has 2 N–H and O–H groups in total. The van der Waals surface area contributed by atoms with Crippen LogP contribution in [0.2, 0.25) is 0 Å². The molecule has 5 heteroatoms. The number of rotatable bonds is 9. The van der Waals surface area contributed by atoms with Crippen molar-refractivity contribution in [2.75, 3.05) is 4.90 Å². The molecule has 0 unspecified atom stereocenters. The van der Waals surface area contributed by atoms with Gasteiger partial charge in [-0.25, -0.2) is 0 Å². The maximum absolute atomic E-state index is 13.2. The molecule has 4 nitrogen and oxygen atoms in total. The Labute approximate surface area is 215 Å². The summed E-state index contributed by atoms with van der Waals surface area (Å²) in [6.45, 7) is 2.95. The number of hydrogen-bond donors (Lipinski definition) is 2. The van der Waals surface area contributed by atoms with Gasteiger partial charge in [-0.2, -0.15) is 0 Å². The standard InChI is InChI=1S/C30H29BrN2O2/c1-22-12-14-24(15-13-22)21-33(27-18-16-26(31)17-19-27)28(25-10-6-3-7-11-25)29(34)30(35)32-20-23-8-4-2-5-9-23/h2-19,28-29,34H,20-21H2,1H3,(H,32,35)/t28-,29-/m0/s1. The molecule has 0 aliphatic heterocycles. The zero-order chi connectivity index (χ0) is 24.6. The van der Waals surface area contributed by atoms with Gasteiger partial charge in [-0.3, -0.25) is 4.79 Å². The van der Waals surface area contributed by atoms with E-state index >= 15 is 0 Å². The Bertz CT molecular complexity index is 1210. The third-order valence-electron chi connectivity index (χ3n) is 5.99. The number of halogens is 1. The highest BCUT2D eigenvalue weighted by Crippen LogP contribution is 2.33. The summed E-state index contributed by atoms with van der Waals surface area (Å²) in [4.78, 5) is 15.3. The minimum Gasteiger partial charge on any atom is -0.381 e. The van der Waals surface area contributed by atoms with Crippen LogP contribution in [-0.2, 0) is 17.9 Å². The number of aliphatic hydroxyl groups is 1. The molecule has 35 heavy (non-hydrogen) atoms. The first-order valence-corrected chi connectivity index (χ1v) is 12.4. The van der Waals surface area contributed by atoms with Crippen LogP contribution in [0.5, 0.6) is 0 Å². The van der Waals surface area contributed by atoms with Gasteiger partial charge in [-0.1, -0.05) is 106 Å². The van der Waals surface area contributed by atoms with E-state index in [2.05, 4.69) is 57.3 Å². The fourth-order valence-corrected chi connectivity index (χ4v) is 4.35. The summed E-state index contributed by atoms with van der Waals surface area (Å²) < 4.78 is 0.967. The van der Waals surface area contributed by atoms with Gasteiger partial charge in [0.2, 0.25) is 0 Å². The van der Waals surface area contributed by atoms with Crippen LogP contribution in [0.15, 0.2) is 114 Å². The van der Waals surface area contributed by atoms with Crippen molar-refractivity contribution in [3.63, 3.8) is 0 Å². The van der Waals surface area contributed by atoms with Gasteiger partial charge >= 0.3 is 0 Å². The molecule has 0 spiro atoms. The van der Waals surface area contributed by atoms with Crippen molar-refractivity contribution in [1.29, 1.82) is 0 Å². The van der Waals surface area contributed by atoms with Crippen molar-refractivity contribution in [1.82, 2.24) is 5.32 Å². The summed E-state index contributed by atoms with van der Waals surface area (Å²) in [6, 6.07) is 35.1. The maximum atomic E-state index is 13.2. The molecule has 178 valence electrons. The van der Waals surface area contributed by atoms with E-state index in [0.717, 1.165) is 26.9 Å². The first kappa shape index (κ1) is 24.7. The van der Waals surface area contributed by atoms with E-state index in [0.29, 0.717) is 13.1 Å². The number of carbonyl (C=O) groups excluding carboxylic acids is 1. The highest BCUT2D eigenvalue weighted by Gasteiger charge is 2.33. The van der Waals surface area contributed by atoms with Gasteiger partial charge < -0.3 is 15.3 Å². The van der Waals surface area contributed by atoms with E-state index in [1.807, 2.05) is 84.9 Å². The van der Waals surface area contributed by atoms with E-state index in [1.165, 1.54) is 5.56 Å². The number of benzene rings is 4. The largest absolute Gasteiger partial charge is 0.381 e. The van der Waals surface area contributed by atoms with Gasteiger partial charge in [0.05, 0.1) is 6.04 Å². The van der Waals surface area contributed by atoms with Crippen LogP contribution >= 0.6 is 15.9 Å². The predicted molar refractivity (Wildman–Crippen MR) is 145 cm³/mol. The summed E-state index contributed by atoms with van der Waals surface area (Å²) in [5, 5.41) is 14.4. The molecule has 2 atom stereocenters. The van der Waals surface area contributed by atoms with Crippen molar-refractivity contribution >= 4 is 27.5 Å². The fourth-order valence-electron chi connectivity index (χ4n) is 4.09. The minimum atomic E-state index is -1.28. The molecule has 0 radical (unpaired) electrons. The summed E-state index contributed by atoms with van der Waals surface area (Å²) >= 11 is 3.51. The van der Waals surface area contributed by atoms with Crippen LogP contribution in [0.1, 0.15) is 28.3 Å². The lowest BCUT2D eigenvalue weighted by molar-refractivity contribution is -0.130. The Hall–Kier alpha value is -3.41. The quantitative estimate of drug-likeness (QED) is 0.272. The third kappa shape index (κ3) is 6.59. The van der Waals surface area contributed by atoms with Gasteiger partial charge in [0, 0.05) is 23.2 Å². The molecule has 0 bridgehead atoms. The topological polar surface area (TPSA) is 52.6 Å². The molecule has 0 saturated carbocycles. The fraction of sp³-hybridized carbons (Fsp3) is 0.167. The van der Waals surface area contributed by atoms with Gasteiger partial charge in [-0.05, 0) is 47.9 Å². The van der Waals surface area contributed by atoms with Crippen LogP contribution in [0.4, 0.5) is 5.69 Å². The lowest BCUT2D eigenvalue weighted by atomic mass is 9.97. The van der Waals surface area contributed by atoms with E-state index in [9.17, 15) is 9.90 Å². The van der Waals surface area contributed by atoms with E-state index in [1.54, 1.807) is 0 Å². The molecule has 0 saturated heterocycles. The number of anilines is 1. The second-order valence-electron chi connectivity index (χ2n) is 8.59. The molecule has 0 heterocycles. The molecule has 0 aliphatic carbocycles. The molecule has 4 aromatic rings. The lowest BCUT2D eigenvalue weighted by Gasteiger charge is -2.37. The Kier molecular flexibility index (Phi) is 8.35. The van der Waals surface area contributed by atoms with E-state index < -0.39 is 18.1 Å². The van der Waals surface area contributed by atoms with E-state index in [4.69, 9.17) is 0 Å². The Morgan fingerprint density at radius 2 is 1.43 bits per heavy atom. The normalized spacial score (nSPS) is 12.5. The van der Waals surface area contributed by atoms with Crippen LogP contribution in [0.25, 0.3) is 0 Å². The highest BCUT2D eigenvalue weighted by atomic mass is 79.9. The molecule has 4 rings (SSSR count). The third-order valence-corrected chi connectivity index (χ3v) is 6.51. The van der Waals surface area contributed by atoms with Crippen molar-refractivity contribution in [2.24, 2.45) is 0 Å².